The molecule has 2 unspecified atom stereocenters. The zero-order valence-electron chi connectivity index (χ0n) is 14.1. The molecule has 0 bridgehead atoms. The van der Waals surface area contributed by atoms with Crippen molar-refractivity contribution in [2.45, 2.75) is 45.3 Å². The first-order valence-corrected chi connectivity index (χ1v) is 7.98. The molecule has 0 heterocycles. The molecule has 4 N–H and O–H groups in total. The van der Waals surface area contributed by atoms with Gasteiger partial charge in [0.15, 0.2) is 0 Å². The number of hydrogen-bond acceptors (Lipinski definition) is 3. The number of hydrogen-bond donors (Lipinski definition) is 2. The summed E-state index contributed by atoms with van der Waals surface area (Å²) < 4.78 is 5.26. The molecule has 4 nitrogen and oxygen atoms in total. The van der Waals surface area contributed by atoms with Gasteiger partial charge in [0.1, 0.15) is 5.60 Å². The number of nitrogens with two attached hydrogens (primary N) is 2. The van der Waals surface area contributed by atoms with E-state index in [0.717, 1.165) is 17.6 Å². The summed E-state index contributed by atoms with van der Waals surface area (Å²) in [6, 6.07) is 10.0. The number of allylic oxidation sites excluding steroid dienone is 2. The molecule has 2 atom stereocenters. The lowest BCUT2D eigenvalue weighted by Gasteiger charge is -2.42. The van der Waals surface area contributed by atoms with Crippen LogP contribution >= 0.6 is 0 Å². The maximum atomic E-state index is 11.1. The third-order valence-electron chi connectivity index (χ3n) is 4.51. The van der Waals surface area contributed by atoms with Crippen molar-refractivity contribution in [3.8, 4) is 0 Å². The number of amides is 1. The van der Waals surface area contributed by atoms with Gasteiger partial charge in [0.25, 0.3) is 0 Å². The van der Waals surface area contributed by atoms with Gasteiger partial charge in [-0.05, 0) is 37.8 Å². The highest BCUT2D eigenvalue weighted by molar-refractivity contribution is 5.76. The molecule has 23 heavy (non-hydrogen) atoms. The molecule has 0 fully saturated rings. The van der Waals surface area contributed by atoms with E-state index in [2.05, 4.69) is 37.3 Å². The first-order valence-electron chi connectivity index (χ1n) is 7.98. The fourth-order valence-corrected chi connectivity index (χ4v) is 3.36. The molecule has 124 valence electrons. The minimum Gasteiger partial charge on any atom is -0.444 e. The zero-order chi connectivity index (χ0) is 17.1. The standard InChI is InChI=1S/C19H26N2O2/c1-4-19(13-18(2,3)23-17(21)22)11-10-15(12-16(19)20)14-8-6-5-7-9-14/h5-12,16H,4,13,20H2,1-3H3,(H2,21,22). The Morgan fingerprint density at radius 3 is 2.48 bits per heavy atom. The van der Waals surface area contributed by atoms with Gasteiger partial charge in [-0.2, -0.15) is 0 Å². The Bertz CT molecular complexity index is 620. The van der Waals surface area contributed by atoms with Crippen molar-refractivity contribution in [2.75, 3.05) is 0 Å². The van der Waals surface area contributed by atoms with E-state index < -0.39 is 11.7 Å². The number of ether oxygens (including phenoxy) is 1. The molecule has 1 amide bonds. The third-order valence-corrected chi connectivity index (χ3v) is 4.51. The maximum Gasteiger partial charge on any atom is 0.405 e. The van der Waals surface area contributed by atoms with Crippen LogP contribution in [-0.2, 0) is 4.74 Å². The Morgan fingerprint density at radius 2 is 1.96 bits per heavy atom. The largest absolute Gasteiger partial charge is 0.444 e. The molecular weight excluding hydrogens is 288 g/mol. The van der Waals surface area contributed by atoms with E-state index in [0.29, 0.717) is 6.42 Å². The monoisotopic (exact) mass is 314 g/mol. The second-order valence-electron chi connectivity index (χ2n) is 6.79. The minimum atomic E-state index is -0.755. The summed E-state index contributed by atoms with van der Waals surface area (Å²) in [4.78, 5) is 11.1. The summed E-state index contributed by atoms with van der Waals surface area (Å²) in [5, 5.41) is 0. The lowest BCUT2D eigenvalue weighted by atomic mass is 9.68. The molecular formula is C19H26N2O2. The number of benzene rings is 1. The molecule has 1 aliphatic rings. The molecule has 0 saturated carbocycles. The van der Waals surface area contributed by atoms with Crippen molar-refractivity contribution in [3.05, 3.63) is 54.1 Å². The van der Waals surface area contributed by atoms with Gasteiger partial charge in [0.05, 0.1) is 0 Å². The normalized spacial score (nSPS) is 24.2. The van der Waals surface area contributed by atoms with E-state index >= 15 is 0 Å². The molecule has 0 radical (unpaired) electrons. The van der Waals surface area contributed by atoms with Crippen molar-refractivity contribution < 1.29 is 9.53 Å². The Hall–Kier alpha value is -2.07. The highest BCUT2D eigenvalue weighted by atomic mass is 16.6. The molecule has 0 aromatic heterocycles. The van der Waals surface area contributed by atoms with Gasteiger partial charge in [-0.1, -0.05) is 55.5 Å². The quantitative estimate of drug-likeness (QED) is 0.871. The highest BCUT2D eigenvalue weighted by Crippen LogP contribution is 2.42. The lowest BCUT2D eigenvalue weighted by Crippen LogP contribution is -2.46. The van der Waals surface area contributed by atoms with Crippen LogP contribution in [0, 0.1) is 5.41 Å². The summed E-state index contributed by atoms with van der Waals surface area (Å²) in [5.74, 6) is 0. The van der Waals surface area contributed by atoms with Crippen LogP contribution in [0.5, 0.6) is 0 Å². The van der Waals surface area contributed by atoms with E-state index in [1.54, 1.807) is 0 Å². The number of primary amides is 1. The van der Waals surface area contributed by atoms with E-state index in [9.17, 15) is 4.79 Å². The zero-order valence-corrected chi connectivity index (χ0v) is 14.1. The Balaban J connectivity index is 2.24. The summed E-state index contributed by atoms with van der Waals surface area (Å²) in [6.07, 6.45) is 7.09. The fourth-order valence-electron chi connectivity index (χ4n) is 3.36. The van der Waals surface area contributed by atoms with Crippen LogP contribution in [0.25, 0.3) is 5.57 Å². The second-order valence-corrected chi connectivity index (χ2v) is 6.79. The lowest BCUT2D eigenvalue weighted by molar-refractivity contribution is 0.0104. The molecule has 1 aromatic rings. The van der Waals surface area contributed by atoms with Gasteiger partial charge in [0, 0.05) is 11.5 Å². The summed E-state index contributed by atoms with van der Waals surface area (Å²) in [7, 11) is 0. The fraction of sp³-hybridized carbons (Fsp3) is 0.421. The van der Waals surface area contributed by atoms with Crippen molar-refractivity contribution in [3.63, 3.8) is 0 Å². The molecule has 0 saturated heterocycles. The van der Waals surface area contributed by atoms with Crippen LogP contribution in [0.3, 0.4) is 0 Å². The predicted molar refractivity (Wildman–Crippen MR) is 93.6 cm³/mol. The Kier molecular flexibility index (Phi) is 4.95. The summed E-state index contributed by atoms with van der Waals surface area (Å²) in [6.45, 7) is 5.84. The van der Waals surface area contributed by atoms with Crippen LogP contribution in [0.4, 0.5) is 4.79 Å². The second kappa shape index (κ2) is 6.59. The molecule has 0 aliphatic heterocycles. The van der Waals surface area contributed by atoms with Gasteiger partial charge in [-0.3, -0.25) is 0 Å². The van der Waals surface area contributed by atoms with E-state index in [1.165, 1.54) is 0 Å². The van der Waals surface area contributed by atoms with Crippen LogP contribution in [-0.4, -0.2) is 17.7 Å². The molecule has 1 aromatic carbocycles. The molecule has 2 rings (SSSR count). The Labute approximate surface area is 138 Å². The van der Waals surface area contributed by atoms with Crippen molar-refractivity contribution in [2.24, 2.45) is 16.9 Å². The topological polar surface area (TPSA) is 78.3 Å². The van der Waals surface area contributed by atoms with E-state index in [-0.39, 0.29) is 11.5 Å². The maximum absolute atomic E-state index is 11.1. The van der Waals surface area contributed by atoms with Gasteiger partial charge in [-0.25, -0.2) is 4.79 Å². The van der Waals surface area contributed by atoms with E-state index in [4.69, 9.17) is 16.2 Å². The van der Waals surface area contributed by atoms with Crippen molar-refractivity contribution in [1.82, 2.24) is 0 Å². The summed E-state index contributed by atoms with van der Waals surface area (Å²) in [5.41, 5.74) is 13.0. The van der Waals surface area contributed by atoms with Gasteiger partial charge < -0.3 is 16.2 Å². The third kappa shape index (κ3) is 4.02. The summed E-state index contributed by atoms with van der Waals surface area (Å²) >= 11 is 0. The number of carbonyl (C=O) groups excluding carboxylic acids is 1. The van der Waals surface area contributed by atoms with Gasteiger partial charge in [-0.15, -0.1) is 0 Å². The Morgan fingerprint density at radius 1 is 1.30 bits per heavy atom. The molecule has 0 spiro atoms. The number of rotatable bonds is 5. The number of carbonyl (C=O) groups is 1. The minimum absolute atomic E-state index is 0.150. The predicted octanol–water partition coefficient (Wildman–Crippen LogP) is 3.63. The van der Waals surface area contributed by atoms with Crippen LogP contribution in [0.1, 0.15) is 39.2 Å². The average Bonchev–Trinajstić information content (AvgIpc) is 2.48. The first kappa shape index (κ1) is 17.3. The smallest absolute Gasteiger partial charge is 0.405 e. The van der Waals surface area contributed by atoms with Gasteiger partial charge >= 0.3 is 6.09 Å². The van der Waals surface area contributed by atoms with Crippen LogP contribution < -0.4 is 11.5 Å². The van der Waals surface area contributed by atoms with Crippen molar-refractivity contribution >= 4 is 11.7 Å². The van der Waals surface area contributed by atoms with Crippen LogP contribution in [0.2, 0.25) is 0 Å². The SMILES string of the molecule is CCC1(CC(C)(C)OC(N)=O)C=CC(c2ccccc2)=CC1N. The average molecular weight is 314 g/mol. The first-order chi connectivity index (χ1) is 10.8. The van der Waals surface area contributed by atoms with Crippen LogP contribution in [0.15, 0.2) is 48.6 Å². The van der Waals surface area contributed by atoms with Crippen molar-refractivity contribution in [1.29, 1.82) is 0 Å². The van der Waals surface area contributed by atoms with E-state index in [1.807, 2.05) is 32.0 Å². The molecule has 1 aliphatic carbocycles. The van der Waals surface area contributed by atoms with Gasteiger partial charge in [0.2, 0.25) is 0 Å². The highest BCUT2D eigenvalue weighted by Gasteiger charge is 2.40. The molecule has 4 heteroatoms.